The van der Waals surface area contributed by atoms with Crippen molar-refractivity contribution in [2.45, 2.75) is 31.4 Å². The smallest absolute Gasteiger partial charge is 0.324 e. The van der Waals surface area contributed by atoms with Gasteiger partial charge in [0.1, 0.15) is 0 Å². The van der Waals surface area contributed by atoms with Crippen LogP contribution in [0, 0.1) is 0 Å². The van der Waals surface area contributed by atoms with Gasteiger partial charge in [0, 0.05) is 29.7 Å². The molecule has 1 atom stereocenters. The maximum atomic E-state index is 12.6. The third-order valence-corrected chi connectivity index (χ3v) is 5.02. The molecule has 0 aliphatic carbocycles. The Morgan fingerprint density at radius 2 is 1.70 bits per heavy atom. The lowest BCUT2D eigenvalue weighted by atomic mass is 9.94. The molecule has 27 heavy (non-hydrogen) atoms. The van der Waals surface area contributed by atoms with E-state index in [0.717, 1.165) is 37.0 Å². The monoisotopic (exact) mass is 396 g/mol. The molecule has 3 nitrogen and oxygen atoms in total. The number of carbonyl (C=O) groups is 1. The summed E-state index contributed by atoms with van der Waals surface area (Å²) in [6.45, 7) is 1.19. The van der Waals surface area contributed by atoms with Crippen LogP contribution in [0.4, 0.5) is 23.7 Å². The van der Waals surface area contributed by atoms with E-state index < -0.39 is 11.7 Å². The molecule has 2 aromatic carbocycles. The molecular formula is C20H20ClF3N2O. The van der Waals surface area contributed by atoms with E-state index in [0.29, 0.717) is 23.8 Å². The normalized spacial score (nSPS) is 18.1. The van der Waals surface area contributed by atoms with Crippen LogP contribution in [0.15, 0.2) is 48.5 Å². The summed E-state index contributed by atoms with van der Waals surface area (Å²) in [5.74, 6) is 0.211. The summed E-state index contributed by atoms with van der Waals surface area (Å²) in [5, 5.41) is 3.37. The number of hydrogen-bond donors (Lipinski definition) is 1. The minimum Gasteiger partial charge on any atom is -0.324 e. The van der Waals surface area contributed by atoms with Crippen molar-refractivity contribution >= 4 is 23.3 Å². The summed E-state index contributed by atoms with van der Waals surface area (Å²) in [6.07, 6.45) is -1.51. The summed E-state index contributed by atoms with van der Waals surface area (Å²) in [7, 11) is 0. The standard InChI is InChI=1S/C20H20ClF3N2O/c21-17-8-4-14(5-9-17)15-3-1-2-12-26(13-15)19(27)25-18-10-6-16(7-11-18)20(22,23)24/h4-11,15H,1-3,12-13H2,(H,25,27). The van der Waals surface area contributed by atoms with Gasteiger partial charge in [0.25, 0.3) is 0 Å². The van der Waals surface area contributed by atoms with E-state index in [-0.39, 0.29) is 11.9 Å². The third-order valence-electron chi connectivity index (χ3n) is 4.76. The molecule has 0 aromatic heterocycles. The lowest BCUT2D eigenvalue weighted by molar-refractivity contribution is -0.137. The highest BCUT2D eigenvalue weighted by Crippen LogP contribution is 2.30. The molecule has 0 spiro atoms. The van der Waals surface area contributed by atoms with Crippen LogP contribution in [0.3, 0.4) is 0 Å². The van der Waals surface area contributed by atoms with E-state index in [2.05, 4.69) is 5.32 Å². The average molecular weight is 397 g/mol. The third kappa shape index (κ3) is 5.16. The SMILES string of the molecule is O=C(Nc1ccc(C(F)(F)F)cc1)N1CCCCC(c2ccc(Cl)cc2)C1. The van der Waals surface area contributed by atoms with E-state index in [9.17, 15) is 18.0 Å². The van der Waals surface area contributed by atoms with Gasteiger partial charge in [0.05, 0.1) is 5.56 Å². The molecule has 1 aliphatic heterocycles. The molecule has 1 N–H and O–H groups in total. The molecule has 2 amide bonds. The van der Waals surface area contributed by atoms with Crippen molar-refractivity contribution in [2.24, 2.45) is 0 Å². The number of alkyl halides is 3. The number of hydrogen-bond acceptors (Lipinski definition) is 1. The fourth-order valence-corrected chi connectivity index (χ4v) is 3.40. The fourth-order valence-electron chi connectivity index (χ4n) is 3.28. The first-order valence-electron chi connectivity index (χ1n) is 8.81. The van der Waals surface area contributed by atoms with Gasteiger partial charge in [0.15, 0.2) is 0 Å². The van der Waals surface area contributed by atoms with Crippen LogP contribution >= 0.6 is 11.6 Å². The van der Waals surface area contributed by atoms with E-state index >= 15 is 0 Å². The quantitative estimate of drug-likeness (QED) is 0.647. The predicted octanol–water partition coefficient (Wildman–Crippen LogP) is 6.16. The second kappa shape index (κ2) is 8.21. The average Bonchev–Trinajstić information content (AvgIpc) is 2.88. The minimum atomic E-state index is -4.39. The summed E-state index contributed by atoms with van der Waals surface area (Å²) in [5.41, 5.74) is 0.743. The Bertz CT molecular complexity index is 775. The number of nitrogens with one attached hydrogen (secondary N) is 1. The Morgan fingerprint density at radius 3 is 2.33 bits per heavy atom. The first-order valence-corrected chi connectivity index (χ1v) is 9.19. The second-order valence-electron chi connectivity index (χ2n) is 6.70. The van der Waals surface area contributed by atoms with Gasteiger partial charge in [-0.15, -0.1) is 0 Å². The Morgan fingerprint density at radius 1 is 1.04 bits per heavy atom. The minimum absolute atomic E-state index is 0.211. The predicted molar refractivity (Wildman–Crippen MR) is 100 cm³/mol. The number of rotatable bonds is 2. The van der Waals surface area contributed by atoms with Crippen LogP contribution in [-0.4, -0.2) is 24.0 Å². The van der Waals surface area contributed by atoms with E-state index in [1.54, 1.807) is 4.90 Å². The number of carbonyl (C=O) groups excluding carboxylic acids is 1. The van der Waals surface area contributed by atoms with Crippen LogP contribution in [0.1, 0.15) is 36.3 Å². The largest absolute Gasteiger partial charge is 0.416 e. The number of urea groups is 1. The van der Waals surface area contributed by atoms with Crippen LogP contribution in [0.5, 0.6) is 0 Å². The summed E-state index contributed by atoms with van der Waals surface area (Å²) in [6, 6.07) is 11.8. The molecular weight excluding hydrogens is 377 g/mol. The van der Waals surface area contributed by atoms with Crippen molar-refractivity contribution in [3.8, 4) is 0 Å². The second-order valence-corrected chi connectivity index (χ2v) is 7.13. The number of halogens is 4. The van der Waals surface area contributed by atoms with Gasteiger partial charge in [0.2, 0.25) is 0 Å². The van der Waals surface area contributed by atoms with Gasteiger partial charge < -0.3 is 10.2 Å². The molecule has 1 heterocycles. The zero-order valence-electron chi connectivity index (χ0n) is 14.6. The Labute approximate surface area is 161 Å². The van der Waals surface area contributed by atoms with Crippen molar-refractivity contribution in [3.63, 3.8) is 0 Å². The maximum absolute atomic E-state index is 12.6. The van der Waals surface area contributed by atoms with Crippen molar-refractivity contribution in [3.05, 3.63) is 64.7 Å². The van der Waals surface area contributed by atoms with Crippen LogP contribution in [0.25, 0.3) is 0 Å². The van der Waals surface area contributed by atoms with Crippen molar-refractivity contribution in [1.82, 2.24) is 4.90 Å². The van der Waals surface area contributed by atoms with Gasteiger partial charge in [-0.2, -0.15) is 13.2 Å². The molecule has 7 heteroatoms. The molecule has 1 aliphatic rings. The van der Waals surface area contributed by atoms with E-state index in [1.165, 1.54) is 12.1 Å². The molecule has 1 fully saturated rings. The highest BCUT2D eigenvalue weighted by atomic mass is 35.5. The van der Waals surface area contributed by atoms with Gasteiger partial charge in [-0.25, -0.2) is 4.79 Å². The summed E-state index contributed by atoms with van der Waals surface area (Å²) >= 11 is 5.95. The highest BCUT2D eigenvalue weighted by molar-refractivity contribution is 6.30. The fraction of sp³-hybridized carbons (Fsp3) is 0.350. The first-order chi connectivity index (χ1) is 12.8. The number of anilines is 1. The van der Waals surface area contributed by atoms with Crippen molar-refractivity contribution in [2.75, 3.05) is 18.4 Å². The first kappa shape index (κ1) is 19.5. The summed E-state index contributed by atoms with van der Waals surface area (Å²) in [4.78, 5) is 14.3. The zero-order valence-corrected chi connectivity index (χ0v) is 15.4. The molecule has 3 rings (SSSR count). The van der Waals surface area contributed by atoms with Gasteiger partial charge in [-0.05, 0) is 54.8 Å². The number of likely N-dealkylation sites (tertiary alicyclic amines) is 1. The van der Waals surface area contributed by atoms with Crippen molar-refractivity contribution < 1.29 is 18.0 Å². The molecule has 0 saturated carbocycles. The van der Waals surface area contributed by atoms with Gasteiger partial charge in [-0.3, -0.25) is 0 Å². The molecule has 0 bridgehead atoms. The van der Waals surface area contributed by atoms with Gasteiger partial charge >= 0.3 is 12.2 Å². The molecule has 2 aromatic rings. The Kier molecular flexibility index (Phi) is 5.95. The summed E-state index contributed by atoms with van der Waals surface area (Å²) < 4.78 is 37.9. The number of amides is 2. The topological polar surface area (TPSA) is 32.3 Å². The lowest BCUT2D eigenvalue weighted by Gasteiger charge is -2.25. The van der Waals surface area contributed by atoms with Crippen LogP contribution < -0.4 is 5.32 Å². The molecule has 0 radical (unpaired) electrons. The van der Waals surface area contributed by atoms with Crippen LogP contribution in [0.2, 0.25) is 5.02 Å². The zero-order chi connectivity index (χ0) is 19.4. The van der Waals surface area contributed by atoms with Crippen LogP contribution in [-0.2, 0) is 6.18 Å². The lowest BCUT2D eigenvalue weighted by Crippen LogP contribution is -2.37. The van der Waals surface area contributed by atoms with E-state index in [4.69, 9.17) is 11.6 Å². The van der Waals surface area contributed by atoms with Gasteiger partial charge in [-0.1, -0.05) is 30.2 Å². The molecule has 1 saturated heterocycles. The Hall–Kier alpha value is -2.21. The highest BCUT2D eigenvalue weighted by Gasteiger charge is 2.30. The van der Waals surface area contributed by atoms with E-state index in [1.807, 2.05) is 24.3 Å². The van der Waals surface area contributed by atoms with Crippen molar-refractivity contribution in [1.29, 1.82) is 0 Å². The molecule has 1 unspecified atom stereocenters. The number of nitrogens with zero attached hydrogens (tertiary/aromatic N) is 1. The Balaban J connectivity index is 1.67. The molecule has 144 valence electrons. The maximum Gasteiger partial charge on any atom is 0.416 e. The number of benzene rings is 2.